The number of nitrogens with zero attached hydrogens (tertiary/aromatic N) is 1. The molecule has 21 heavy (non-hydrogen) atoms. The monoisotopic (exact) mass is 296 g/mol. The first-order valence-electron chi connectivity index (χ1n) is 8.26. The number of likely N-dealkylation sites (tertiary alicyclic amines) is 1. The summed E-state index contributed by atoms with van der Waals surface area (Å²) in [5, 5.41) is 13.0. The van der Waals surface area contributed by atoms with Crippen LogP contribution in [0.1, 0.15) is 52.4 Å². The predicted molar refractivity (Wildman–Crippen MR) is 80.5 cm³/mol. The summed E-state index contributed by atoms with van der Waals surface area (Å²) >= 11 is 0. The Kier molecular flexibility index (Phi) is 5.62. The average molecular weight is 296 g/mol. The van der Waals surface area contributed by atoms with Gasteiger partial charge in [-0.05, 0) is 31.1 Å². The molecule has 0 bridgehead atoms. The highest BCUT2D eigenvalue weighted by atomic mass is 16.3. The molecule has 2 N–H and O–H groups in total. The van der Waals surface area contributed by atoms with Gasteiger partial charge in [0.05, 0.1) is 6.10 Å². The van der Waals surface area contributed by atoms with Crippen molar-refractivity contribution < 1.29 is 14.7 Å². The van der Waals surface area contributed by atoms with E-state index in [0.717, 1.165) is 19.3 Å². The second-order valence-corrected chi connectivity index (χ2v) is 6.74. The van der Waals surface area contributed by atoms with E-state index < -0.39 is 12.1 Å². The topological polar surface area (TPSA) is 69.6 Å². The molecule has 2 aliphatic rings. The third-order valence-corrected chi connectivity index (χ3v) is 4.78. The first-order valence-corrected chi connectivity index (χ1v) is 8.26. The number of aliphatic hydroxyl groups is 1. The van der Waals surface area contributed by atoms with Crippen molar-refractivity contribution in [2.45, 2.75) is 64.5 Å². The van der Waals surface area contributed by atoms with E-state index in [1.54, 1.807) is 4.90 Å². The van der Waals surface area contributed by atoms with Crippen molar-refractivity contribution in [2.75, 3.05) is 13.1 Å². The molecular weight excluding hydrogens is 268 g/mol. The lowest BCUT2D eigenvalue weighted by Gasteiger charge is -2.30. The molecule has 0 aromatic carbocycles. The largest absolute Gasteiger partial charge is 0.391 e. The summed E-state index contributed by atoms with van der Waals surface area (Å²) < 4.78 is 0. The minimum absolute atomic E-state index is 0.0696. The van der Waals surface area contributed by atoms with Crippen molar-refractivity contribution in [1.82, 2.24) is 10.2 Å². The van der Waals surface area contributed by atoms with E-state index >= 15 is 0 Å². The van der Waals surface area contributed by atoms with Crippen LogP contribution in [0.2, 0.25) is 0 Å². The SMILES string of the molecule is CC(C)C(C(=O)NCC(O)C1CCCC1)N1CCCC1=O. The van der Waals surface area contributed by atoms with Gasteiger partial charge in [-0.15, -0.1) is 0 Å². The molecule has 2 amide bonds. The molecule has 2 fully saturated rings. The Balaban J connectivity index is 1.88. The van der Waals surface area contributed by atoms with Crippen LogP contribution in [0.4, 0.5) is 0 Å². The van der Waals surface area contributed by atoms with Crippen LogP contribution in [0.25, 0.3) is 0 Å². The van der Waals surface area contributed by atoms with Gasteiger partial charge in [-0.2, -0.15) is 0 Å². The molecule has 1 heterocycles. The van der Waals surface area contributed by atoms with Crippen molar-refractivity contribution >= 4 is 11.8 Å². The Labute approximate surface area is 127 Å². The Bertz CT molecular complexity index is 378. The molecule has 1 aliphatic heterocycles. The fourth-order valence-electron chi connectivity index (χ4n) is 3.59. The van der Waals surface area contributed by atoms with E-state index in [-0.39, 0.29) is 17.7 Å². The number of rotatable bonds is 6. The van der Waals surface area contributed by atoms with Crippen LogP contribution in [-0.4, -0.2) is 47.1 Å². The fourth-order valence-corrected chi connectivity index (χ4v) is 3.59. The number of carbonyl (C=O) groups excluding carboxylic acids is 2. The molecule has 120 valence electrons. The van der Waals surface area contributed by atoms with Gasteiger partial charge in [-0.1, -0.05) is 26.7 Å². The van der Waals surface area contributed by atoms with Crippen LogP contribution in [-0.2, 0) is 9.59 Å². The van der Waals surface area contributed by atoms with Gasteiger partial charge in [-0.3, -0.25) is 9.59 Å². The maximum absolute atomic E-state index is 12.4. The van der Waals surface area contributed by atoms with Crippen LogP contribution in [0.15, 0.2) is 0 Å². The van der Waals surface area contributed by atoms with Crippen LogP contribution in [0.5, 0.6) is 0 Å². The van der Waals surface area contributed by atoms with Gasteiger partial charge in [0, 0.05) is 19.5 Å². The second kappa shape index (κ2) is 7.25. The molecule has 1 saturated carbocycles. The maximum atomic E-state index is 12.4. The minimum Gasteiger partial charge on any atom is -0.391 e. The molecule has 0 aromatic rings. The standard InChI is InChI=1S/C16H28N2O3/c1-11(2)15(18-9-5-8-14(18)20)16(21)17-10-13(19)12-6-3-4-7-12/h11-13,15,19H,3-10H2,1-2H3,(H,17,21). The van der Waals surface area contributed by atoms with Crippen molar-refractivity contribution in [3.63, 3.8) is 0 Å². The zero-order chi connectivity index (χ0) is 15.4. The van der Waals surface area contributed by atoms with Gasteiger partial charge in [0.15, 0.2) is 0 Å². The lowest BCUT2D eigenvalue weighted by Crippen LogP contribution is -2.52. The highest BCUT2D eigenvalue weighted by Gasteiger charge is 2.35. The smallest absolute Gasteiger partial charge is 0.243 e. The summed E-state index contributed by atoms with van der Waals surface area (Å²) in [7, 11) is 0. The maximum Gasteiger partial charge on any atom is 0.243 e. The highest BCUT2D eigenvalue weighted by molar-refractivity contribution is 5.88. The number of nitrogens with one attached hydrogen (secondary N) is 1. The molecule has 0 aromatic heterocycles. The Morgan fingerprint density at radius 3 is 2.52 bits per heavy atom. The van der Waals surface area contributed by atoms with Crippen molar-refractivity contribution in [1.29, 1.82) is 0 Å². The molecule has 5 heteroatoms. The number of hydrogen-bond donors (Lipinski definition) is 2. The zero-order valence-corrected chi connectivity index (χ0v) is 13.2. The van der Waals surface area contributed by atoms with Crippen molar-refractivity contribution in [2.24, 2.45) is 11.8 Å². The van der Waals surface area contributed by atoms with E-state index in [4.69, 9.17) is 0 Å². The molecule has 2 atom stereocenters. The quantitative estimate of drug-likeness (QED) is 0.776. The van der Waals surface area contributed by atoms with Crippen molar-refractivity contribution in [3.8, 4) is 0 Å². The number of aliphatic hydroxyl groups excluding tert-OH is 1. The van der Waals surface area contributed by atoms with E-state index in [1.165, 1.54) is 12.8 Å². The molecule has 0 radical (unpaired) electrons. The number of carbonyl (C=O) groups is 2. The first kappa shape index (κ1) is 16.3. The summed E-state index contributed by atoms with van der Waals surface area (Å²) in [6, 6.07) is -0.407. The van der Waals surface area contributed by atoms with Crippen molar-refractivity contribution in [3.05, 3.63) is 0 Å². The van der Waals surface area contributed by atoms with Gasteiger partial charge in [0.25, 0.3) is 0 Å². The Morgan fingerprint density at radius 1 is 1.33 bits per heavy atom. The molecule has 2 unspecified atom stereocenters. The second-order valence-electron chi connectivity index (χ2n) is 6.74. The first-order chi connectivity index (χ1) is 10.0. The average Bonchev–Trinajstić information content (AvgIpc) is 3.08. The van der Waals surface area contributed by atoms with Crippen LogP contribution in [0.3, 0.4) is 0 Å². The zero-order valence-electron chi connectivity index (χ0n) is 13.2. The molecule has 5 nitrogen and oxygen atoms in total. The van der Waals surface area contributed by atoms with Gasteiger partial charge in [0.1, 0.15) is 6.04 Å². The van der Waals surface area contributed by atoms with E-state index in [9.17, 15) is 14.7 Å². The molecular formula is C16H28N2O3. The normalized spacial score (nSPS) is 22.9. The van der Waals surface area contributed by atoms with E-state index in [0.29, 0.717) is 25.4 Å². The minimum atomic E-state index is -0.460. The molecule has 2 rings (SSSR count). The fraction of sp³-hybridized carbons (Fsp3) is 0.875. The predicted octanol–water partition coefficient (Wildman–Crippen LogP) is 1.30. The lowest BCUT2D eigenvalue weighted by molar-refractivity contribution is -0.139. The van der Waals surface area contributed by atoms with Crippen LogP contribution >= 0.6 is 0 Å². The van der Waals surface area contributed by atoms with Gasteiger partial charge in [0.2, 0.25) is 11.8 Å². The van der Waals surface area contributed by atoms with Gasteiger partial charge >= 0.3 is 0 Å². The lowest BCUT2D eigenvalue weighted by atomic mass is 9.99. The van der Waals surface area contributed by atoms with E-state index in [1.807, 2.05) is 13.8 Å². The summed E-state index contributed by atoms with van der Waals surface area (Å²) in [5.41, 5.74) is 0. The molecule has 0 spiro atoms. The van der Waals surface area contributed by atoms with E-state index in [2.05, 4.69) is 5.32 Å². The number of hydrogen-bond acceptors (Lipinski definition) is 3. The summed E-state index contributed by atoms with van der Waals surface area (Å²) in [6.07, 6.45) is 5.36. The Hall–Kier alpha value is -1.10. The van der Waals surface area contributed by atoms with Gasteiger partial charge in [-0.25, -0.2) is 0 Å². The summed E-state index contributed by atoms with van der Waals surface area (Å²) in [5.74, 6) is 0.337. The third kappa shape index (κ3) is 3.96. The van der Waals surface area contributed by atoms with Crippen LogP contribution in [0, 0.1) is 11.8 Å². The molecule has 1 saturated heterocycles. The summed E-state index contributed by atoms with van der Waals surface area (Å²) in [6.45, 7) is 4.89. The molecule has 1 aliphatic carbocycles. The van der Waals surface area contributed by atoms with Gasteiger partial charge < -0.3 is 15.3 Å². The van der Waals surface area contributed by atoms with Crippen LogP contribution < -0.4 is 5.32 Å². The Morgan fingerprint density at radius 2 is 2.00 bits per heavy atom. The third-order valence-electron chi connectivity index (χ3n) is 4.78. The highest BCUT2D eigenvalue weighted by Crippen LogP contribution is 2.27. The number of amides is 2. The summed E-state index contributed by atoms with van der Waals surface area (Å²) in [4.78, 5) is 26.0.